The van der Waals surface area contributed by atoms with Crippen molar-refractivity contribution in [2.24, 2.45) is 0 Å². The predicted octanol–water partition coefficient (Wildman–Crippen LogP) is 3.50. The van der Waals surface area contributed by atoms with Crippen molar-refractivity contribution in [2.75, 3.05) is 11.1 Å². The van der Waals surface area contributed by atoms with E-state index in [0.717, 1.165) is 24.3 Å². The Kier molecular flexibility index (Phi) is 4.53. The standard InChI is InChI=1S/C15H10ClFN2O3S2/c16-11-5-6-12(15-14(11)18-8-23-15)19-13(20)7-24(21,22)10-3-1-9(17)2-4-10/h1-6,8H,7H2,(H,19,20). The number of amides is 1. The lowest BCUT2D eigenvalue weighted by Crippen LogP contribution is -2.23. The number of benzene rings is 2. The normalized spacial score (nSPS) is 11.6. The molecule has 3 aromatic rings. The van der Waals surface area contributed by atoms with Gasteiger partial charge in [-0.1, -0.05) is 11.6 Å². The monoisotopic (exact) mass is 384 g/mol. The van der Waals surface area contributed by atoms with Gasteiger partial charge in [-0.05, 0) is 36.4 Å². The molecule has 9 heteroatoms. The minimum atomic E-state index is -3.86. The van der Waals surface area contributed by atoms with E-state index in [1.807, 2.05) is 0 Å². The summed E-state index contributed by atoms with van der Waals surface area (Å²) in [6.07, 6.45) is 0. The molecule has 0 aliphatic carbocycles. The summed E-state index contributed by atoms with van der Waals surface area (Å²) < 4.78 is 37.9. The van der Waals surface area contributed by atoms with Crippen molar-refractivity contribution in [3.63, 3.8) is 0 Å². The molecule has 0 fully saturated rings. The molecule has 0 saturated carbocycles. The fourth-order valence-electron chi connectivity index (χ4n) is 2.10. The van der Waals surface area contributed by atoms with E-state index in [1.165, 1.54) is 11.3 Å². The van der Waals surface area contributed by atoms with Crippen LogP contribution in [0.25, 0.3) is 10.2 Å². The van der Waals surface area contributed by atoms with Gasteiger partial charge in [0.05, 0.1) is 25.8 Å². The summed E-state index contributed by atoms with van der Waals surface area (Å²) in [5.74, 6) is -2.00. The van der Waals surface area contributed by atoms with E-state index < -0.39 is 27.3 Å². The second-order valence-electron chi connectivity index (χ2n) is 4.89. The Bertz CT molecular complexity index is 1020. The molecule has 5 nitrogen and oxygen atoms in total. The lowest BCUT2D eigenvalue weighted by molar-refractivity contribution is -0.113. The second-order valence-corrected chi connectivity index (χ2v) is 8.14. The Morgan fingerprint density at radius 2 is 1.92 bits per heavy atom. The number of sulfone groups is 1. The van der Waals surface area contributed by atoms with Gasteiger partial charge in [0, 0.05) is 0 Å². The molecule has 3 rings (SSSR count). The largest absolute Gasteiger partial charge is 0.324 e. The minimum Gasteiger partial charge on any atom is -0.324 e. The number of hydrogen-bond donors (Lipinski definition) is 1. The zero-order chi connectivity index (χ0) is 17.3. The summed E-state index contributed by atoms with van der Waals surface area (Å²) in [6.45, 7) is 0. The van der Waals surface area contributed by atoms with Crippen molar-refractivity contribution >= 4 is 54.6 Å². The first kappa shape index (κ1) is 16.8. The molecule has 0 spiro atoms. The van der Waals surface area contributed by atoms with E-state index in [0.29, 0.717) is 20.9 Å². The van der Waals surface area contributed by atoms with Crippen LogP contribution in [0.15, 0.2) is 46.8 Å². The highest BCUT2D eigenvalue weighted by molar-refractivity contribution is 7.92. The first-order valence-corrected chi connectivity index (χ1v) is 9.58. The fraction of sp³-hybridized carbons (Fsp3) is 0.0667. The number of anilines is 1. The molecule has 0 bridgehead atoms. The van der Waals surface area contributed by atoms with Gasteiger partial charge in [-0.15, -0.1) is 11.3 Å². The lowest BCUT2D eigenvalue weighted by atomic mass is 10.3. The molecule has 0 saturated heterocycles. The van der Waals surface area contributed by atoms with E-state index in [4.69, 9.17) is 11.6 Å². The summed E-state index contributed by atoms with van der Waals surface area (Å²) in [6, 6.07) is 7.48. The van der Waals surface area contributed by atoms with Gasteiger partial charge in [0.2, 0.25) is 5.91 Å². The average Bonchev–Trinajstić information content (AvgIpc) is 3.01. The predicted molar refractivity (Wildman–Crippen MR) is 91.7 cm³/mol. The maximum atomic E-state index is 12.9. The molecule has 1 N–H and O–H groups in total. The highest BCUT2D eigenvalue weighted by Gasteiger charge is 2.20. The van der Waals surface area contributed by atoms with E-state index >= 15 is 0 Å². The Morgan fingerprint density at radius 1 is 1.21 bits per heavy atom. The van der Waals surface area contributed by atoms with Crippen LogP contribution in [0.1, 0.15) is 0 Å². The maximum absolute atomic E-state index is 12.9. The van der Waals surface area contributed by atoms with Gasteiger partial charge in [0.1, 0.15) is 17.1 Å². The van der Waals surface area contributed by atoms with E-state index in [2.05, 4.69) is 10.3 Å². The average molecular weight is 385 g/mol. The Morgan fingerprint density at radius 3 is 2.62 bits per heavy atom. The van der Waals surface area contributed by atoms with Crippen molar-refractivity contribution in [3.05, 3.63) is 52.7 Å². The molecule has 0 aliphatic heterocycles. The molecule has 1 aromatic heterocycles. The van der Waals surface area contributed by atoms with Crippen LogP contribution in [-0.4, -0.2) is 25.1 Å². The third kappa shape index (κ3) is 3.40. The third-order valence-electron chi connectivity index (χ3n) is 3.20. The molecule has 0 unspecified atom stereocenters. The van der Waals surface area contributed by atoms with Crippen molar-refractivity contribution < 1.29 is 17.6 Å². The van der Waals surface area contributed by atoms with Crippen molar-refractivity contribution in [1.29, 1.82) is 0 Å². The summed E-state index contributed by atoms with van der Waals surface area (Å²) in [5, 5.41) is 3.00. The Balaban J connectivity index is 1.81. The number of carbonyl (C=O) groups is 1. The fourth-order valence-corrected chi connectivity index (χ4v) is 4.28. The minimum absolute atomic E-state index is 0.113. The van der Waals surface area contributed by atoms with Gasteiger partial charge in [-0.3, -0.25) is 4.79 Å². The zero-order valence-corrected chi connectivity index (χ0v) is 14.4. The van der Waals surface area contributed by atoms with Gasteiger partial charge in [-0.25, -0.2) is 17.8 Å². The summed E-state index contributed by atoms with van der Waals surface area (Å²) in [4.78, 5) is 16.1. The summed E-state index contributed by atoms with van der Waals surface area (Å²) in [5.41, 5.74) is 2.57. The van der Waals surface area contributed by atoms with E-state index in [1.54, 1.807) is 17.6 Å². The van der Waals surface area contributed by atoms with Crippen LogP contribution in [0, 0.1) is 5.82 Å². The smallest absolute Gasteiger partial charge is 0.240 e. The van der Waals surface area contributed by atoms with E-state index in [9.17, 15) is 17.6 Å². The molecule has 0 aliphatic rings. The van der Waals surface area contributed by atoms with Crippen LogP contribution in [0.3, 0.4) is 0 Å². The van der Waals surface area contributed by atoms with Crippen LogP contribution in [-0.2, 0) is 14.6 Å². The third-order valence-corrected chi connectivity index (χ3v) is 6.00. The molecule has 0 radical (unpaired) electrons. The van der Waals surface area contributed by atoms with Crippen molar-refractivity contribution in [3.8, 4) is 0 Å². The van der Waals surface area contributed by atoms with Gasteiger partial charge < -0.3 is 5.32 Å². The number of aromatic nitrogens is 1. The number of nitrogens with one attached hydrogen (secondary N) is 1. The highest BCUT2D eigenvalue weighted by atomic mass is 35.5. The summed E-state index contributed by atoms with van der Waals surface area (Å²) in [7, 11) is -3.86. The Labute approximate surface area is 146 Å². The van der Waals surface area contributed by atoms with Gasteiger partial charge >= 0.3 is 0 Å². The number of carbonyl (C=O) groups excluding carboxylic acids is 1. The van der Waals surface area contributed by atoms with Crippen LogP contribution in [0.2, 0.25) is 5.02 Å². The van der Waals surface area contributed by atoms with Crippen LogP contribution < -0.4 is 5.32 Å². The second kappa shape index (κ2) is 6.46. The van der Waals surface area contributed by atoms with Crippen molar-refractivity contribution in [1.82, 2.24) is 4.98 Å². The van der Waals surface area contributed by atoms with Gasteiger partial charge in [0.15, 0.2) is 9.84 Å². The SMILES string of the molecule is O=C(CS(=O)(=O)c1ccc(F)cc1)Nc1ccc(Cl)c2ncsc12. The van der Waals surface area contributed by atoms with E-state index in [-0.39, 0.29) is 4.90 Å². The summed E-state index contributed by atoms with van der Waals surface area (Å²) >= 11 is 7.30. The Hall–Kier alpha value is -2.03. The molecular weight excluding hydrogens is 375 g/mol. The number of nitrogens with zero attached hydrogens (tertiary/aromatic N) is 1. The molecule has 1 heterocycles. The highest BCUT2D eigenvalue weighted by Crippen LogP contribution is 2.32. The number of rotatable bonds is 4. The number of hydrogen-bond acceptors (Lipinski definition) is 5. The number of halogens is 2. The molecule has 1 amide bonds. The number of thiazole rings is 1. The van der Waals surface area contributed by atoms with Crippen LogP contribution in [0.5, 0.6) is 0 Å². The maximum Gasteiger partial charge on any atom is 0.240 e. The van der Waals surface area contributed by atoms with Crippen LogP contribution >= 0.6 is 22.9 Å². The lowest BCUT2D eigenvalue weighted by Gasteiger charge is -2.08. The number of fused-ring (bicyclic) bond motifs is 1. The molecular formula is C15H10ClFN2O3S2. The first-order valence-electron chi connectivity index (χ1n) is 6.67. The van der Waals surface area contributed by atoms with Crippen LogP contribution in [0.4, 0.5) is 10.1 Å². The van der Waals surface area contributed by atoms with Gasteiger partial charge in [0.25, 0.3) is 0 Å². The topological polar surface area (TPSA) is 76.1 Å². The molecule has 24 heavy (non-hydrogen) atoms. The molecule has 2 aromatic carbocycles. The molecule has 0 atom stereocenters. The van der Waals surface area contributed by atoms with Crippen molar-refractivity contribution in [2.45, 2.75) is 4.90 Å². The quantitative estimate of drug-likeness (QED) is 0.698. The zero-order valence-electron chi connectivity index (χ0n) is 12.0. The molecule has 124 valence electrons. The first-order chi connectivity index (χ1) is 11.4. The van der Waals surface area contributed by atoms with Gasteiger partial charge in [-0.2, -0.15) is 0 Å².